The molecule has 0 amide bonds. The lowest BCUT2D eigenvalue weighted by molar-refractivity contribution is -0.109. The molecule has 2 N–H and O–H groups in total. The average Bonchev–Trinajstić information content (AvgIpc) is 2.56. The van der Waals surface area contributed by atoms with Gasteiger partial charge in [-0.05, 0) is 17.7 Å². The molecule has 1 unspecified atom stereocenters. The normalized spacial score (nSPS) is 19.9. The monoisotopic (exact) mass is 241 g/mol. The third-order valence-electron chi connectivity index (χ3n) is 2.22. The molecular formula is C9H8BrNO2. The smallest absolute Gasteiger partial charge is 0.141 e. The Bertz CT molecular complexity index is 365. The fourth-order valence-electron chi connectivity index (χ4n) is 1.58. The van der Waals surface area contributed by atoms with E-state index in [9.17, 15) is 9.90 Å². The van der Waals surface area contributed by atoms with Crippen molar-refractivity contribution in [3.63, 3.8) is 0 Å². The van der Waals surface area contributed by atoms with Crippen LogP contribution in [0, 0.1) is 0 Å². The van der Waals surface area contributed by atoms with Crippen LogP contribution in [0.3, 0.4) is 0 Å². The number of carbonyl (C=O) groups excluding carboxylic acids is 1. The number of benzene rings is 1. The second-order valence-corrected chi connectivity index (χ2v) is 3.81. The lowest BCUT2D eigenvalue weighted by Gasteiger charge is -2.06. The van der Waals surface area contributed by atoms with E-state index in [1.165, 1.54) is 0 Å². The van der Waals surface area contributed by atoms with Gasteiger partial charge >= 0.3 is 0 Å². The molecule has 3 nitrogen and oxygen atoms in total. The van der Waals surface area contributed by atoms with Crippen molar-refractivity contribution in [2.45, 2.75) is 12.6 Å². The largest absolute Gasteiger partial charge is 0.508 e. The number of fused-ring (bicyclic) bond motifs is 1. The fourth-order valence-corrected chi connectivity index (χ4v) is 2.07. The summed E-state index contributed by atoms with van der Waals surface area (Å²) < 4.78 is 0.928. The fraction of sp³-hybridized carbons (Fsp3) is 0.222. The second-order valence-electron chi connectivity index (χ2n) is 2.95. The molecule has 4 heteroatoms. The molecule has 1 aromatic carbocycles. The van der Waals surface area contributed by atoms with Gasteiger partial charge in [0.1, 0.15) is 12.0 Å². The van der Waals surface area contributed by atoms with E-state index in [1.807, 2.05) is 0 Å². The number of aldehydes is 1. The maximum Gasteiger partial charge on any atom is 0.141 e. The number of phenols is 1. The van der Waals surface area contributed by atoms with Crippen molar-refractivity contribution in [1.82, 2.24) is 5.32 Å². The molecule has 1 atom stereocenters. The molecule has 0 saturated heterocycles. The predicted octanol–water partition coefficient (Wildman–Crippen LogP) is 1.50. The molecule has 68 valence electrons. The summed E-state index contributed by atoms with van der Waals surface area (Å²) in [4.78, 5) is 10.6. The molecule has 0 fully saturated rings. The Morgan fingerprint density at radius 1 is 1.62 bits per heavy atom. The number of rotatable bonds is 1. The lowest BCUT2D eigenvalue weighted by Crippen LogP contribution is -2.12. The highest BCUT2D eigenvalue weighted by Crippen LogP contribution is 2.36. The second kappa shape index (κ2) is 3.12. The summed E-state index contributed by atoms with van der Waals surface area (Å²) in [5.41, 5.74) is 1.67. The van der Waals surface area contributed by atoms with E-state index in [0.29, 0.717) is 12.1 Å². The molecule has 2 rings (SSSR count). The van der Waals surface area contributed by atoms with Crippen molar-refractivity contribution >= 4 is 22.2 Å². The lowest BCUT2D eigenvalue weighted by atomic mass is 10.0. The number of hydrogen-bond acceptors (Lipinski definition) is 3. The van der Waals surface area contributed by atoms with E-state index < -0.39 is 0 Å². The molecule has 0 aromatic heterocycles. The first kappa shape index (κ1) is 8.72. The van der Waals surface area contributed by atoms with Gasteiger partial charge in [0, 0.05) is 16.6 Å². The standard InChI is InChI=1S/C9H8BrNO2/c10-6-1-2-8(13)9-5(6)3-11-7(9)4-12/h1-2,4,7,11,13H,3H2. The molecule has 1 aliphatic rings. The number of carbonyl (C=O) groups is 1. The Balaban J connectivity index is 2.61. The van der Waals surface area contributed by atoms with Crippen molar-refractivity contribution in [1.29, 1.82) is 0 Å². The first-order valence-corrected chi connectivity index (χ1v) is 4.72. The Morgan fingerprint density at radius 2 is 2.38 bits per heavy atom. The Labute approximate surface area is 83.9 Å². The highest BCUT2D eigenvalue weighted by atomic mass is 79.9. The van der Waals surface area contributed by atoms with E-state index in [2.05, 4.69) is 21.2 Å². The molecule has 0 aliphatic carbocycles. The van der Waals surface area contributed by atoms with Gasteiger partial charge in [0.05, 0.1) is 6.04 Å². The third-order valence-corrected chi connectivity index (χ3v) is 2.97. The van der Waals surface area contributed by atoms with Crippen LogP contribution in [0.1, 0.15) is 17.2 Å². The van der Waals surface area contributed by atoms with Crippen LogP contribution in [0.5, 0.6) is 5.75 Å². The minimum absolute atomic E-state index is 0.181. The highest BCUT2D eigenvalue weighted by Gasteiger charge is 2.26. The summed E-state index contributed by atoms with van der Waals surface area (Å²) in [6, 6.07) is 3.00. The van der Waals surface area contributed by atoms with Crippen LogP contribution in [0.15, 0.2) is 16.6 Å². The van der Waals surface area contributed by atoms with Crippen LogP contribution in [-0.2, 0) is 11.3 Å². The van der Waals surface area contributed by atoms with Gasteiger partial charge in [-0.2, -0.15) is 0 Å². The summed E-state index contributed by atoms with van der Waals surface area (Å²) in [7, 11) is 0. The van der Waals surface area contributed by atoms with E-state index in [0.717, 1.165) is 16.3 Å². The number of hydrogen-bond donors (Lipinski definition) is 2. The van der Waals surface area contributed by atoms with E-state index in [1.54, 1.807) is 12.1 Å². The van der Waals surface area contributed by atoms with Gasteiger partial charge in [-0.15, -0.1) is 0 Å². The van der Waals surface area contributed by atoms with Gasteiger partial charge in [-0.3, -0.25) is 5.32 Å². The number of aromatic hydroxyl groups is 1. The maximum atomic E-state index is 10.6. The quantitative estimate of drug-likeness (QED) is 0.733. The van der Waals surface area contributed by atoms with Crippen molar-refractivity contribution in [2.24, 2.45) is 0 Å². The van der Waals surface area contributed by atoms with Crippen molar-refractivity contribution < 1.29 is 9.90 Å². The Morgan fingerprint density at radius 3 is 3.08 bits per heavy atom. The van der Waals surface area contributed by atoms with Crippen LogP contribution in [0.2, 0.25) is 0 Å². The Kier molecular flexibility index (Phi) is 2.09. The van der Waals surface area contributed by atoms with Crippen LogP contribution in [0.25, 0.3) is 0 Å². The Hall–Kier alpha value is -0.870. The summed E-state index contributed by atoms with van der Waals surface area (Å²) in [5.74, 6) is 0.181. The van der Waals surface area contributed by atoms with Crippen LogP contribution >= 0.6 is 15.9 Å². The third kappa shape index (κ3) is 1.26. The zero-order valence-electron chi connectivity index (χ0n) is 6.75. The summed E-state index contributed by atoms with van der Waals surface area (Å²) in [5, 5.41) is 12.5. The highest BCUT2D eigenvalue weighted by molar-refractivity contribution is 9.10. The van der Waals surface area contributed by atoms with Gasteiger partial charge in [-0.1, -0.05) is 15.9 Å². The molecule has 1 aliphatic heterocycles. The predicted molar refractivity (Wildman–Crippen MR) is 51.5 cm³/mol. The topological polar surface area (TPSA) is 49.3 Å². The SMILES string of the molecule is O=CC1NCc2c(Br)ccc(O)c21. The number of nitrogens with one attached hydrogen (secondary N) is 1. The maximum absolute atomic E-state index is 10.6. The molecule has 1 aromatic rings. The molecule has 0 bridgehead atoms. The van der Waals surface area contributed by atoms with E-state index in [4.69, 9.17) is 0 Å². The first-order valence-electron chi connectivity index (χ1n) is 3.93. The summed E-state index contributed by atoms with van der Waals surface area (Å²) >= 11 is 3.37. The molecule has 0 radical (unpaired) electrons. The van der Waals surface area contributed by atoms with E-state index in [-0.39, 0.29) is 11.8 Å². The van der Waals surface area contributed by atoms with Crippen molar-refractivity contribution in [2.75, 3.05) is 0 Å². The van der Waals surface area contributed by atoms with Crippen LogP contribution < -0.4 is 5.32 Å². The molecule has 0 spiro atoms. The van der Waals surface area contributed by atoms with Gasteiger partial charge in [-0.25, -0.2) is 0 Å². The van der Waals surface area contributed by atoms with Gasteiger partial charge in [0.15, 0.2) is 0 Å². The van der Waals surface area contributed by atoms with Crippen molar-refractivity contribution in [3.8, 4) is 5.75 Å². The minimum Gasteiger partial charge on any atom is -0.508 e. The molecule has 1 heterocycles. The first-order chi connectivity index (χ1) is 6.24. The molecule has 0 saturated carbocycles. The van der Waals surface area contributed by atoms with Gasteiger partial charge < -0.3 is 9.90 Å². The zero-order valence-corrected chi connectivity index (χ0v) is 8.34. The van der Waals surface area contributed by atoms with E-state index >= 15 is 0 Å². The molecular weight excluding hydrogens is 234 g/mol. The van der Waals surface area contributed by atoms with Crippen LogP contribution in [-0.4, -0.2) is 11.4 Å². The minimum atomic E-state index is -0.368. The van der Waals surface area contributed by atoms with Crippen LogP contribution in [0.4, 0.5) is 0 Å². The number of halogens is 1. The number of phenolic OH excluding ortho intramolecular Hbond substituents is 1. The molecule has 13 heavy (non-hydrogen) atoms. The summed E-state index contributed by atoms with van der Waals surface area (Å²) in [6.07, 6.45) is 0.804. The van der Waals surface area contributed by atoms with Gasteiger partial charge in [0.25, 0.3) is 0 Å². The average molecular weight is 242 g/mol. The zero-order chi connectivity index (χ0) is 9.42. The van der Waals surface area contributed by atoms with Crippen molar-refractivity contribution in [3.05, 3.63) is 27.7 Å². The van der Waals surface area contributed by atoms with Gasteiger partial charge in [0.2, 0.25) is 0 Å². The summed E-state index contributed by atoms with van der Waals surface area (Å²) in [6.45, 7) is 0.619.